The van der Waals surface area contributed by atoms with E-state index in [4.69, 9.17) is 4.98 Å². The third-order valence-corrected chi connectivity index (χ3v) is 11.2. The summed E-state index contributed by atoms with van der Waals surface area (Å²) >= 11 is 0. The fourth-order valence-corrected chi connectivity index (χ4v) is 8.56. The average Bonchev–Trinajstić information content (AvgIpc) is 3.79. The molecule has 1 N–H and O–H groups in total. The lowest BCUT2D eigenvalue weighted by molar-refractivity contribution is 0.767. The molecule has 0 fully saturated rings. The summed E-state index contributed by atoms with van der Waals surface area (Å²) in [7, 11) is 0. The number of para-hydroxylation sites is 2. The summed E-state index contributed by atoms with van der Waals surface area (Å²) < 4.78 is 4.74. The lowest BCUT2D eigenvalue weighted by Gasteiger charge is -2.26. The molecular weight excluding hydrogens is 681 g/mol. The topological polar surface area (TPSA) is 34.8 Å². The van der Waals surface area contributed by atoms with Crippen LogP contribution in [-0.4, -0.2) is 14.1 Å². The van der Waals surface area contributed by atoms with Crippen LogP contribution in [0.3, 0.4) is 0 Å². The molecule has 0 saturated carbocycles. The maximum absolute atomic E-state index is 4.80. The van der Waals surface area contributed by atoms with Crippen LogP contribution >= 0.6 is 0 Å². The number of rotatable bonds is 6. The maximum Gasteiger partial charge on any atom is 0.0963 e. The second kappa shape index (κ2) is 13.2. The highest BCUT2D eigenvalue weighted by atomic mass is 15.0. The molecule has 1 atom stereocenters. The first kappa shape index (κ1) is 32.0. The maximum atomic E-state index is 4.80. The average molecular weight is 717 g/mol. The highest BCUT2D eigenvalue weighted by Gasteiger charge is 2.20. The normalized spacial score (nSPS) is 14.2. The van der Waals surface area contributed by atoms with Gasteiger partial charge < -0.3 is 14.5 Å². The number of benzene rings is 7. The lowest BCUT2D eigenvalue weighted by Crippen LogP contribution is -2.21. The van der Waals surface area contributed by atoms with E-state index in [1.54, 1.807) is 0 Å². The van der Waals surface area contributed by atoms with Crippen LogP contribution < -0.4 is 5.32 Å². The van der Waals surface area contributed by atoms with Crippen molar-refractivity contribution in [2.45, 2.75) is 6.04 Å². The number of hydrogen-bond donors (Lipinski definition) is 1. The minimum Gasteiger partial charge on any atom is -0.374 e. The zero-order valence-electron chi connectivity index (χ0n) is 30.5. The van der Waals surface area contributed by atoms with Crippen molar-refractivity contribution in [2.24, 2.45) is 0 Å². The van der Waals surface area contributed by atoms with Crippen LogP contribution in [0, 0.1) is 0 Å². The summed E-state index contributed by atoms with van der Waals surface area (Å²) in [6.07, 6.45) is 6.52. The molecule has 4 heteroatoms. The number of aromatic nitrogens is 3. The van der Waals surface area contributed by atoms with Crippen molar-refractivity contribution in [3.05, 3.63) is 223 Å². The highest BCUT2D eigenvalue weighted by molar-refractivity contribution is 6.11. The fourth-order valence-electron chi connectivity index (χ4n) is 8.56. The molecule has 0 saturated heterocycles. The molecule has 1 unspecified atom stereocenters. The van der Waals surface area contributed by atoms with Crippen LogP contribution in [0.4, 0.5) is 0 Å². The molecule has 0 aliphatic carbocycles. The molecule has 0 amide bonds. The molecule has 0 bridgehead atoms. The minimum atomic E-state index is 0.0474. The molecule has 0 spiro atoms. The smallest absolute Gasteiger partial charge is 0.0963 e. The van der Waals surface area contributed by atoms with Gasteiger partial charge in [0.15, 0.2) is 0 Å². The summed E-state index contributed by atoms with van der Waals surface area (Å²) in [6, 6.07) is 67.6. The van der Waals surface area contributed by atoms with Crippen LogP contribution in [0.25, 0.3) is 77.5 Å². The Morgan fingerprint density at radius 3 is 1.95 bits per heavy atom. The molecule has 1 aliphatic heterocycles. The predicted molar refractivity (Wildman–Crippen MR) is 233 cm³/mol. The van der Waals surface area contributed by atoms with Gasteiger partial charge in [0.1, 0.15) is 0 Å². The largest absolute Gasteiger partial charge is 0.374 e. The molecule has 0 radical (unpaired) electrons. The highest BCUT2D eigenvalue weighted by Crippen LogP contribution is 2.39. The predicted octanol–water partition coefficient (Wildman–Crippen LogP) is 12.7. The Labute approximate surface area is 324 Å². The summed E-state index contributed by atoms with van der Waals surface area (Å²) in [5.74, 6) is 0. The lowest BCUT2D eigenvalue weighted by atomic mass is 9.93. The second-order valence-electron chi connectivity index (χ2n) is 14.5. The van der Waals surface area contributed by atoms with Crippen LogP contribution in [-0.2, 0) is 0 Å². The van der Waals surface area contributed by atoms with Crippen molar-refractivity contribution in [3.63, 3.8) is 0 Å². The number of hydrogen-bond acceptors (Lipinski definition) is 2. The second-order valence-corrected chi connectivity index (χ2v) is 14.5. The van der Waals surface area contributed by atoms with Gasteiger partial charge in [-0.15, -0.1) is 0 Å². The Hall–Kier alpha value is -7.43. The van der Waals surface area contributed by atoms with Crippen molar-refractivity contribution in [1.82, 2.24) is 19.4 Å². The minimum absolute atomic E-state index is 0.0474. The quantitative estimate of drug-likeness (QED) is 0.186. The third-order valence-electron chi connectivity index (χ3n) is 11.2. The van der Waals surface area contributed by atoms with Crippen molar-refractivity contribution in [1.29, 1.82) is 0 Å². The Morgan fingerprint density at radius 2 is 1.09 bits per heavy atom. The molecule has 56 heavy (non-hydrogen) atoms. The number of nitrogens with one attached hydrogen (secondary N) is 1. The third kappa shape index (κ3) is 5.34. The van der Waals surface area contributed by atoms with Crippen LogP contribution in [0.5, 0.6) is 0 Å². The Balaban J connectivity index is 1.04. The molecular formula is C52H36N4. The molecule has 11 rings (SSSR count). The van der Waals surface area contributed by atoms with Gasteiger partial charge in [0, 0.05) is 39.4 Å². The zero-order valence-corrected chi connectivity index (χ0v) is 30.5. The fraction of sp³-hybridized carbons (Fsp3) is 0.0192. The van der Waals surface area contributed by atoms with E-state index in [-0.39, 0.29) is 6.04 Å². The first-order valence-electron chi connectivity index (χ1n) is 19.2. The molecule has 4 heterocycles. The number of pyridine rings is 1. The van der Waals surface area contributed by atoms with E-state index < -0.39 is 0 Å². The summed E-state index contributed by atoms with van der Waals surface area (Å²) in [5.41, 5.74) is 16.1. The van der Waals surface area contributed by atoms with Crippen LogP contribution in [0.1, 0.15) is 22.7 Å². The first-order valence-corrected chi connectivity index (χ1v) is 19.2. The van der Waals surface area contributed by atoms with E-state index in [0.717, 1.165) is 39.0 Å². The van der Waals surface area contributed by atoms with Gasteiger partial charge in [-0.25, -0.2) is 0 Å². The Bertz CT molecular complexity index is 3150. The van der Waals surface area contributed by atoms with Gasteiger partial charge in [-0.1, -0.05) is 121 Å². The van der Waals surface area contributed by atoms with E-state index >= 15 is 0 Å². The number of fused-ring (bicyclic) bond motifs is 6. The summed E-state index contributed by atoms with van der Waals surface area (Å²) in [4.78, 5) is 4.80. The van der Waals surface area contributed by atoms with Crippen molar-refractivity contribution in [3.8, 4) is 22.5 Å². The summed E-state index contributed by atoms with van der Waals surface area (Å²) in [5, 5.41) is 7.40. The van der Waals surface area contributed by atoms with Crippen molar-refractivity contribution >= 4 is 55.0 Å². The molecule has 10 aromatic rings. The van der Waals surface area contributed by atoms with E-state index in [1.165, 1.54) is 55.2 Å². The first-order chi connectivity index (χ1) is 27.8. The molecule has 4 nitrogen and oxygen atoms in total. The summed E-state index contributed by atoms with van der Waals surface area (Å²) in [6.45, 7) is 0. The van der Waals surface area contributed by atoms with E-state index in [0.29, 0.717) is 0 Å². The van der Waals surface area contributed by atoms with Gasteiger partial charge in [0.25, 0.3) is 0 Å². The van der Waals surface area contributed by atoms with Gasteiger partial charge in [0.05, 0.1) is 33.6 Å². The molecule has 7 aromatic carbocycles. The number of nitrogens with zero attached hydrogens (tertiary/aromatic N) is 3. The van der Waals surface area contributed by atoms with E-state index in [9.17, 15) is 0 Å². The molecule has 1 aliphatic rings. The van der Waals surface area contributed by atoms with Gasteiger partial charge in [-0.05, 0) is 112 Å². The Kier molecular flexibility index (Phi) is 7.52. The van der Waals surface area contributed by atoms with Crippen LogP contribution in [0.15, 0.2) is 206 Å². The standard InChI is InChI=1S/C52H36N4/c1-4-14-35(15-5-1)46-32-40(33-47(54-46)36-16-6-2-7-17-36)37-18-12-21-42(30-37)56-48-23-11-10-22-43(48)45-31-38(26-28-49(45)56)39-25-27-44-51(34-39)55(41-19-8-3-9-20-41)50-24-13-29-53-52(44)50/h1-34,46,54H. The van der Waals surface area contributed by atoms with Crippen molar-refractivity contribution in [2.75, 3.05) is 0 Å². The van der Waals surface area contributed by atoms with Gasteiger partial charge in [0.2, 0.25) is 0 Å². The van der Waals surface area contributed by atoms with Gasteiger partial charge in [-0.3, -0.25) is 4.98 Å². The van der Waals surface area contributed by atoms with Crippen molar-refractivity contribution < 1.29 is 0 Å². The zero-order chi connectivity index (χ0) is 37.0. The molecule has 264 valence electrons. The van der Waals surface area contributed by atoms with Gasteiger partial charge >= 0.3 is 0 Å². The van der Waals surface area contributed by atoms with Crippen LogP contribution in [0.2, 0.25) is 0 Å². The number of dihydropyridines is 1. The van der Waals surface area contributed by atoms with Gasteiger partial charge in [-0.2, -0.15) is 0 Å². The van der Waals surface area contributed by atoms with E-state index in [2.05, 4.69) is 209 Å². The molecule has 3 aromatic heterocycles. The monoisotopic (exact) mass is 716 g/mol. The SMILES string of the molecule is C1=C(c2cccc(-n3c4ccccc4c4cc(-c5ccc6c7ncccc7n(-c7ccccc7)c6c5)ccc43)c2)C=C(c2ccccc2)NC1c1ccccc1. The number of allylic oxidation sites excluding steroid dienone is 2. The Morgan fingerprint density at radius 1 is 0.429 bits per heavy atom. The van der Waals surface area contributed by atoms with E-state index in [1.807, 2.05) is 12.3 Å².